The predicted molar refractivity (Wildman–Crippen MR) is 43.3 cm³/mol. The summed E-state index contributed by atoms with van der Waals surface area (Å²) in [5.41, 5.74) is -0.0247. The first-order chi connectivity index (χ1) is 5.02. The molecule has 0 amide bonds. The number of hydrogen-bond acceptors (Lipinski definition) is 1. The van der Waals surface area contributed by atoms with Gasteiger partial charge in [-0.25, -0.2) is 8.78 Å². The third kappa shape index (κ3) is 1.93. The number of rotatable bonds is 1. The molecule has 11 heavy (non-hydrogen) atoms. The Bertz CT molecular complexity index is 253. The molecule has 0 aromatic heterocycles. The number of benzene rings is 1. The zero-order valence-corrected chi connectivity index (χ0v) is 6.91. The van der Waals surface area contributed by atoms with Crippen molar-refractivity contribution in [2.75, 3.05) is 0 Å². The monoisotopic (exact) mass is 174 g/mol. The Kier molecular flexibility index (Phi) is 2.18. The van der Waals surface area contributed by atoms with E-state index in [1.807, 2.05) is 0 Å². The number of alkyl halides is 2. The van der Waals surface area contributed by atoms with Crippen LogP contribution in [0, 0.1) is 0 Å². The number of thiol groups is 1. The van der Waals surface area contributed by atoms with Gasteiger partial charge in [0.15, 0.2) is 0 Å². The lowest BCUT2D eigenvalue weighted by Gasteiger charge is -2.11. The topological polar surface area (TPSA) is 0 Å². The van der Waals surface area contributed by atoms with E-state index in [9.17, 15) is 8.78 Å². The molecule has 0 saturated heterocycles. The maximum Gasteiger partial charge on any atom is 0.271 e. The molecule has 0 aliphatic heterocycles. The van der Waals surface area contributed by atoms with E-state index < -0.39 is 5.92 Å². The van der Waals surface area contributed by atoms with Crippen LogP contribution in [0.3, 0.4) is 0 Å². The van der Waals surface area contributed by atoms with E-state index in [1.165, 1.54) is 6.07 Å². The van der Waals surface area contributed by atoms with Crippen molar-refractivity contribution in [3.05, 3.63) is 29.8 Å². The first-order valence-electron chi connectivity index (χ1n) is 3.18. The maximum absolute atomic E-state index is 12.7. The van der Waals surface area contributed by atoms with Gasteiger partial charge in [-0.15, -0.1) is 12.6 Å². The Balaban J connectivity index is 3.14. The van der Waals surface area contributed by atoms with Gasteiger partial charge in [0.1, 0.15) is 0 Å². The SMILES string of the molecule is CC(F)(F)c1ccccc1S. The smallest absolute Gasteiger partial charge is 0.202 e. The maximum atomic E-state index is 12.7. The minimum Gasteiger partial charge on any atom is -0.202 e. The van der Waals surface area contributed by atoms with Crippen LogP contribution in [0.1, 0.15) is 12.5 Å². The first-order valence-corrected chi connectivity index (χ1v) is 3.63. The van der Waals surface area contributed by atoms with Gasteiger partial charge >= 0.3 is 0 Å². The zero-order valence-electron chi connectivity index (χ0n) is 6.01. The molecule has 0 spiro atoms. The predicted octanol–water partition coefficient (Wildman–Crippen LogP) is 3.09. The summed E-state index contributed by atoms with van der Waals surface area (Å²) in [6.45, 7) is 0.863. The lowest BCUT2D eigenvalue weighted by molar-refractivity contribution is 0.0147. The Hall–Kier alpha value is -0.570. The third-order valence-electron chi connectivity index (χ3n) is 1.38. The van der Waals surface area contributed by atoms with Crippen LogP contribution in [0.15, 0.2) is 29.2 Å². The van der Waals surface area contributed by atoms with E-state index in [-0.39, 0.29) is 5.56 Å². The largest absolute Gasteiger partial charge is 0.271 e. The minimum atomic E-state index is -2.79. The van der Waals surface area contributed by atoms with Crippen molar-refractivity contribution in [3.63, 3.8) is 0 Å². The second-order valence-corrected chi connectivity index (χ2v) is 2.89. The van der Waals surface area contributed by atoms with Crippen LogP contribution in [0.2, 0.25) is 0 Å². The third-order valence-corrected chi connectivity index (χ3v) is 1.77. The van der Waals surface area contributed by atoms with Crippen molar-refractivity contribution in [1.29, 1.82) is 0 Å². The van der Waals surface area contributed by atoms with Gasteiger partial charge < -0.3 is 0 Å². The van der Waals surface area contributed by atoms with E-state index in [4.69, 9.17) is 0 Å². The molecule has 1 aromatic rings. The Morgan fingerprint density at radius 2 is 1.82 bits per heavy atom. The van der Waals surface area contributed by atoms with Crippen LogP contribution < -0.4 is 0 Å². The molecular formula is C8H8F2S. The minimum absolute atomic E-state index is 0.0247. The highest BCUT2D eigenvalue weighted by Gasteiger charge is 2.25. The van der Waals surface area contributed by atoms with Gasteiger partial charge in [-0.3, -0.25) is 0 Å². The second kappa shape index (κ2) is 2.81. The zero-order chi connectivity index (χ0) is 8.48. The average molecular weight is 174 g/mol. The Morgan fingerprint density at radius 1 is 1.27 bits per heavy atom. The van der Waals surface area contributed by atoms with Crippen LogP contribution in [-0.2, 0) is 5.92 Å². The lowest BCUT2D eigenvalue weighted by atomic mass is 10.1. The molecule has 60 valence electrons. The molecule has 0 saturated carbocycles. The van der Waals surface area contributed by atoms with Crippen molar-refractivity contribution in [3.8, 4) is 0 Å². The second-order valence-electron chi connectivity index (χ2n) is 2.41. The van der Waals surface area contributed by atoms with Crippen LogP contribution in [0.4, 0.5) is 8.78 Å². The number of halogens is 2. The molecule has 1 aromatic carbocycles. The highest BCUT2D eigenvalue weighted by Crippen LogP contribution is 2.31. The van der Waals surface area contributed by atoms with E-state index in [2.05, 4.69) is 12.6 Å². The summed E-state index contributed by atoms with van der Waals surface area (Å²) in [6.07, 6.45) is 0. The molecule has 1 rings (SSSR count). The van der Waals surface area contributed by atoms with Gasteiger partial charge in [-0.2, -0.15) is 0 Å². The fraction of sp³-hybridized carbons (Fsp3) is 0.250. The molecule has 0 radical (unpaired) electrons. The van der Waals surface area contributed by atoms with E-state index in [0.717, 1.165) is 6.92 Å². The van der Waals surface area contributed by atoms with Crippen molar-refractivity contribution in [1.82, 2.24) is 0 Å². The molecule has 0 unspecified atom stereocenters. The van der Waals surface area contributed by atoms with Crippen molar-refractivity contribution >= 4 is 12.6 Å². The normalized spacial score (nSPS) is 11.6. The number of hydrogen-bond donors (Lipinski definition) is 1. The summed E-state index contributed by atoms with van der Waals surface area (Å²) in [5.74, 6) is -2.79. The summed E-state index contributed by atoms with van der Waals surface area (Å²) >= 11 is 3.91. The molecule has 0 aliphatic carbocycles. The molecule has 0 heterocycles. The van der Waals surface area contributed by atoms with Gasteiger partial charge in [-0.05, 0) is 6.07 Å². The van der Waals surface area contributed by atoms with Crippen LogP contribution in [0.25, 0.3) is 0 Å². The lowest BCUT2D eigenvalue weighted by Crippen LogP contribution is -2.07. The molecule has 0 atom stereocenters. The van der Waals surface area contributed by atoms with Crippen LogP contribution in [0.5, 0.6) is 0 Å². The molecule has 0 bridgehead atoms. The molecule has 0 nitrogen and oxygen atoms in total. The van der Waals surface area contributed by atoms with E-state index in [1.54, 1.807) is 18.2 Å². The fourth-order valence-electron chi connectivity index (χ4n) is 0.845. The first kappa shape index (κ1) is 8.53. The van der Waals surface area contributed by atoms with Crippen LogP contribution >= 0.6 is 12.6 Å². The summed E-state index contributed by atoms with van der Waals surface area (Å²) in [5, 5.41) is 0. The molecule has 0 N–H and O–H groups in total. The van der Waals surface area contributed by atoms with Crippen molar-refractivity contribution < 1.29 is 8.78 Å². The van der Waals surface area contributed by atoms with E-state index >= 15 is 0 Å². The van der Waals surface area contributed by atoms with Crippen molar-refractivity contribution in [2.24, 2.45) is 0 Å². The molecule has 3 heteroatoms. The quantitative estimate of drug-likeness (QED) is 0.621. The summed E-state index contributed by atoms with van der Waals surface area (Å²) in [4.78, 5) is 0.333. The summed E-state index contributed by atoms with van der Waals surface area (Å²) in [6, 6.07) is 6.18. The molecule has 0 aliphatic rings. The summed E-state index contributed by atoms with van der Waals surface area (Å²) < 4.78 is 25.3. The van der Waals surface area contributed by atoms with Gasteiger partial charge in [0.05, 0.1) is 0 Å². The van der Waals surface area contributed by atoms with Crippen molar-refractivity contribution in [2.45, 2.75) is 17.7 Å². The Morgan fingerprint density at radius 3 is 2.18 bits per heavy atom. The van der Waals surface area contributed by atoms with Gasteiger partial charge in [0, 0.05) is 17.4 Å². The van der Waals surface area contributed by atoms with Gasteiger partial charge in [-0.1, -0.05) is 18.2 Å². The molecule has 0 fully saturated rings. The average Bonchev–Trinajstić information content (AvgIpc) is 1.86. The standard InChI is InChI=1S/C8H8F2S/c1-8(9,10)6-4-2-3-5-7(6)11/h2-5,11H,1H3. The highest BCUT2D eigenvalue weighted by atomic mass is 32.1. The van der Waals surface area contributed by atoms with Gasteiger partial charge in [0.25, 0.3) is 5.92 Å². The molecular weight excluding hydrogens is 166 g/mol. The fourth-order valence-corrected chi connectivity index (χ4v) is 1.20. The Labute approximate surface area is 69.6 Å². The highest BCUT2D eigenvalue weighted by molar-refractivity contribution is 7.80. The summed E-state index contributed by atoms with van der Waals surface area (Å²) in [7, 11) is 0. The van der Waals surface area contributed by atoms with Crippen LogP contribution in [-0.4, -0.2) is 0 Å². The van der Waals surface area contributed by atoms with Gasteiger partial charge in [0.2, 0.25) is 0 Å². The van der Waals surface area contributed by atoms with E-state index in [0.29, 0.717) is 4.90 Å².